The lowest BCUT2D eigenvalue weighted by molar-refractivity contribution is 0.232. The summed E-state index contributed by atoms with van der Waals surface area (Å²) in [6, 6.07) is 4.64. The Labute approximate surface area is 137 Å². The van der Waals surface area contributed by atoms with E-state index in [1.54, 1.807) is 19.2 Å². The van der Waals surface area contributed by atoms with E-state index in [0.717, 1.165) is 5.56 Å². The molecular weight excluding hydrogens is 320 g/mol. The summed E-state index contributed by atoms with van der Waals surface area (Å²) in [5.41, 5.74) is 0.436. The number of para-hydroxylation sites is 1. The fourth-order valence-electron chi connectivity index (χ4n) is 2.42. The first kappa shape index (κ1) is 15.4. The van der Waals surface area contributed by atoms with Gasteiger partial charge in [-0.15, -0.1) is 0 Å². The second kappa shape index (κ2) is 6.29. The first-order valence-corrected chi connectivity index (χ1v) is 7.44. The number of nitrogens with zero attached hydrogens (tertiary/aromatic N) is 2. The van der Waals surface area contributed by atoms with E-state index in [9.17, 15) is 9.59 Å². The largest absolute Gasteiger partial charge is 0.492 e. The molecule has 0 aliphatic carbocycles. The normalized spacial score (nSPS) is 16.2. The van der Waals surface area contributed by atoms with Gasteiger partial charge in [0.05, 0.1) is 17.7 Å². The second-order valence-electron chi connectivity index (χ2n) is 5.14. The highest BCUT2D eigenvalue weighted by molar-refractivity contribution is 6.32. The predicted molar refractivity (Wildman–Crippen MR) is 85.9 cm³/mol. The van der Waals surface area contributed by atoms with Crippen LogP contribution in [0.3, 0.4) is 0 Å². The molecule has 0 radical (unpaired) electrons. The number of amides is 2. The number of rotatable bonds is 2. The maximum Gasteiger partial charge on any atom is 0.321 e. The van der Waals surface area contributed by atoms with E-state index in [1.165, 1.54) is 17.0 Å². The summed E-state index contributed by atoms with van der Waals surface area (Å²) >= 11 is 6.10. The Hall–Kier alpha value is -2.54. The van der Waals surface area contributed by atoms with Crippen molar-refractivity contribution in [1.29, 1.82) is 0 Å². The molecule has 1 aromatic carbocycles. The van der Waals surface area contributed by atoms with E-state index in [2.05, 4.69) is 15.6 Å². The summed E-state index contributed by atoms with van der Waals surface area (Å²) in [5.74, 6) is 0.561. The summed E-state index contributed by atoms with van der Waals surface area (Å²) in [6.45, 7) is 0.451. The Morgan fingerprint density at radius 3 is 3.13 bits per heavy atom. The molecule has 1 aromatic heterocycles. The van der Waals surface area contributed by atoms with E-state index < -0.39 is 6.03 Å². The van der Waals surface area contributed by atoms with E-state index >= 15 is 0 Å². The van der Waals surface area contributed by atoms with Crippen LogP contribution in [0, 0.1) is 0 Å². The monoisotopic (exact) mass is 334 g/mol. The topological polar surface area (TPSA) is 85.2 Å². The number of hydrogen-bond acceptors (Lipinski definition) is 4. The van der Waals surface area contributed by atoms with Gasteiger partial charge in [0, 0.05) is 31.4 Å². The third kappa shape index (κ3) is 3.14. The number of ether oxygens (including phenoxy) is 1. The molecule has 2 heterocycles. The molecule has 0 saturated carbocycles. The van der Waals surface area contributed by atoms with Gasteiger partial charge in [-0.25, -0.2) is 9.78 Å². The fraction of sp³-hybridized carbons (Fsp3) is 0.267. The van der Waals surface area contributed by atoms with Crippen molar-refractivity contribution < 1.29 is 9.53 Å². The number of anilines is 1. The lowest BCUT2D eigenvalue weighted by Crippen LogP contribution is -2.37. The molecule has 0 spiro atoms. The molecule has 2 N–H and O–H groups in total. The number of benzene rings is 1. The highest BCUT2D eigenvalue weighted by Gasteiger charge is 2.25. The molecule has 0 fully saturated rings. The van der Waals surface area contributed by atoms with Crippen LogP contribution in [0.4, 0.5) is 10.6 Å². The van der Waals surface area contributed by atoms with Crippen molar-refractivity contribution in [3.63, 3.8) is 0 Å². The van der Waals surface area contributed by atoms with Gasteiger partial charge in [-0.3, -0.25) is 10.1 Å². The quantitative estimate of drug-likeness (QED) is 0.880. The first-order chi connectivity index (χ1) is 11.1. The van der Waals surface area contributed by atoms with Crippen molar-refractivity contribution >= 4 is 23.4 Å². The predicted octanol–water partition coefficient (Wildman–Crippen LogP) is 2.08. The van der Waals surface area contributed by atoms with Crippen LogP contribution in [0.15, 0.2) is 35.4 Å². The van der Waals surface area contributed by atoms with Gasteiger partial charge in [0.15, 0.2) is 0 Å². The van der Waals surface area contributed by atoms with Gasteiger partial charge in [0.2, 0.25) is 5.82 Å². The van der Waals surface area contributed by atoms with Crippen molar-refractivity contribution in [3.05, 3.63) is 51.5 Å². The van der Waals surface area contributed by atoms with Crippen molar-refractivity contribution in [2.45, 2.75) is 12.5 Å². The Morgan fingerprint density at radius 2 is 2.30 bits per heavy atom. The number of aromatic nitrogens is 2. The van der Waals surface area contributed by atoms with Gasteiger partial charge >= 0.3 is 6.03 Å². The van der Waals surface area contributed by atoms with Gasteiger partial charge in [-0.1, -0.05) is 23.7 Å². The summed E-state index contributed by atoms with van der Waals surface area (Å²) in [6.07, 6.45) is 3.57. The molecule has 1 aliphatic rings. The number of carbonyl (C=O) groups is 1. The highest BCUT2D eigenvalue weighted by Crippen LogP contribution is 2.37. The summed E-state index contributed by atoms with van der Waals surface area (Å²) < 4.78 is 6.89. The number of nitrogens with one attached hydrogen (secondary N) is 2. The van der Waals surface area contributed by atoms with Crippen molar-refractivity contribution in [3.8, 4) is 5.75 Å². The first-order valence-electron chi connectivity index (χ1n) is 7.06. The van der Waals surface area contributed by atoms with Crippen LogP contribution >= 0.6 is 11.6 Å². The molecule has 1 unspecified atom stereocenters. The van der Waals surface area contributed by atoms with Crippen LogP contribution in [-0.2, 0) is 7.05 Å². The van der Waals surface area contributed by atoms with Crippen LogP contribution < -0.4 is 20.9 Å². The third-order valence-corrected chi connectivity index (χ3v) is 3.88. The molecule has 8 heteroatoms. The zero-order valence-electron chi connectivity index (χ0n) is 12.4. The van der Waals surface area contributed by atoms with Crippen LogP contribution in [0.25, 0.3) is 0 Å². The summed E-state index contributed by atoms with van der Waals surface area (Å²) in [7, 11) is 1.59. The minimum absolute atomic E-state index is 0.0223. The maximum atomic E-state index is 12.2. The van der Waals surface area contributed by atoms with Crippen LogP contribution in [0.2, 0.25) is 5.02 Å². The van der Waals surface area contributed by atoms with E-state index in [1.807, 2.05) is 6.07 Å². The molecule has 120 valence electrons. The van der Waals surface area contributed by atoms with Crippen molar-refractivity contribution in [2.24, 2.45) is 7.05 Å². The average Bonchev–Trinajstić information content (AvgIpc) is 2.53. The number of halogens is 1. The van der Waals surface area contributed by atoms with Crippen molar-refractivity contribution in [1.82, 2.24) is 14.9 Å². The van der Waals surface area contributed by atoms with Gasteiger partial charge < -0.3 is 14.6 Å². The van der Waals surface area contributed by atoms with Gasteiger partial charge in [-0.05, 0) is 6.07 Å². The molecule has 23 heavy (non-hydrogen) atoms. The van der Waals surface area contributed by atoms with E-state index in [-0.39, 0.29) is 17.4 Å². The zero-order chi connectivity index (χ0) is 16.4. The standard InChI is InChI=1S/C15H15ClN4O3/c1-20-7-6-17-13(14(20)21)19-15(22)18-11-5-8-23-12-9(11)3-2-4-10(12)16/h2-4,6-7,11H,5,8H2,1H3,(H2,17,18,19,22). The van der Waals surface area contributed by atoms with E-state index in [0.29, 0.717) is 23.8 Å². The fourth-order valence-corrected chi connectivity index (χ4v) is 2.66. The molecule has 0 saturated heterocycles. The smallest absolute Gasteiger partial charge is 0.321 e. The van der Waals surface area contributed by atoms with Crippen molar-refractivity contribution in [2.75, 3.05) is 11.9 Å². The lowest BCUT2D eigenvalue weighted by atomic mass is 10.0. The summed E-state index contributed by atoms with van der Waals surface area (Å²) in [4.78, 5) is 27.9. The molecule has 1 atom stereocenters. The Kier molecular flexibility index (Phi) is 4.20. The van der Waals surface area contributed by atoms with Crippen LogP contribution in [0.5, 0.6) is 5.75 Å². The molecular formula is C15H15ClN4O3. The lowest BCUT2D eigenvalue weighted by Gasteiger charge is -2.27. The molecule has 2 aromatic rings. The summed E-state index contributed by atoms with van der Waals surface area (Å²) in [5, 5.41) is 5.80. The average molecular weight is 335 g/mol. The molecule has 2 amide bonds. The molecule has 0 bridgehead atoms. The number of carbonyl (C=O) groups excluding carboxylic acids is 1. The molecule has 1 aliphatic heterocycles. The van der Waals surface area contributed by atoms with Gasteiger partial charge in [0.25, 0.3) is 5.56 Å². The number of aryl methyl sites for hydroxylation is 1. The molecule has 7 nitrogen and oxygen atoms in total. The maximum absolute atomic E-state index is 12.2. The minimum Gasteiger partial charge on any atom is -0.492 e. The zero-order valence-corrected chi connectivity index (χ0v) is 13.1. The SMILES string of the molecule is Cn1ccnc(NC(=O)NC2CCOc3c(Cl)cccc32)c1=O. The number of urea groups is 1. The van der Waals surface area contributed by atoms with Gasteiger partial charge in [-0.2, -0.15) is 0 Å². The van der Waals surface area contributed by atoms with Crippen LogP contribution in [0.1, 0.15) is 18.0 Å². The number of fused-ring (bicyclic) bond motifs is 1. The number of hydrogen-bond donors (Lipinski definition) is 2. The third-order valence-electron chi connectivity index (χ3n) is 3.58. The minimum atomic E-state index is -0.501. The van der Waals surface area contributed by atoms with E-state index in [4.69, 9.17) is 16.3 Å². The van der Waals surface area contributed by atoms with Gasteiger partial charge in [0.1, 0.15) is 5.75 Å². The Morgan fingerprint density at radius 1 is 1.48 bits per heavy atom. The Balaban J connectivity index is 1.76. The highest BCUT2D eigenvalue weighted by atomic mass is 35.5. The van der Waals surface area contributed by atoms with Crippen LogP contribution in [-0.4, -0.2) is 22.2 Å². The molecule has 3 rings (SSSR count). The second-order valence-corrected chi connectivity index (χ2v) is 5.55. The Bertz CT molecular complexity index is 806.